The van der Waals surface area contributed by atoms with Crippen molar-refractivity contribution < 1.29 is 14.4 Å². The topological polar surface area (TPSA) is 79.5 Å². The second kappa shape index (κ2) is 6.59. The van der Waals surface area contributed by atoms with Gasteiger partial charge in [0.1, 0.15) is 6.04 Å². The number of carbonyl (C=O) groups is 1. The summed E-state index contributed by atoms with van der Waals surface area (Å²) in [7, 11) is 0. The van der Waals surface area contributed by atoms with Gasteiger partial charge in [-0.2, -0.15) is 4.98 Å². The number of carboxylic acid groups (broad SMARTS) is 1. The van der Waals surface area contributed by atoms with E-state index in [4.69, 9.17) is 4.52 Å². The van der Waals surface area contributed by atoms with E-state index in [0.717, 1.165) is 24.8 Å². The van der Waals surface area contributed by atoms with Gasteiger partial charge in [-0.05, 0) is 32.1 Å². The Bertz CT molecular complexity index is 756. The number of hydrogen-bond donors (Lipinski definition) is 1. The zero-order chi connectivity index (χ0) is 17.4. The Morgan fingerprint density at radius 2 is 2.04 bits per heavy atom. The smallest absolute Gasteiger partial charge is 0.320 e. The lowest BCUT2D eigenvalue weighted by Crippen LogP contribution is -2.41. The van der Waals surface area contributed by atoms with Gasteiger partial charge in [-0.3, -0.25) is 9.69 Å². The van der Waals surface area contributed by atoms with E-state index in [9.17, 15) is 9.90 Å². The van der Waals surface area contributed by atoms with E-state index in [1.165, 1.54) is 18.4 Å². The molecule has 1 aliphatic carbocycles. The molecule has 3 unspecified atom stereocenters. The monoisotopic (exact) mass is 341 g/mol. The van der Waals surface area contributed by atoms with Gasteiger partial charge in [-0.1, -0.05) is 47.8 Å². The second-order valence-electron chi connectivity index (χ2n) is 7.25. The molecule has 2 aromatic rings. The number of rotatable bonds is 4. The molecule has 1 N–H and O–H groups in total. The average Bonchev–Trinajstić information content (AvgIpc) is 3.21. The van der Waals surface area contributed by atoms with E-state index in [0.29, 0.717) is 30.2 Å². The molecule has 6 nitrogen and oxygen atoms in total. The summed E-state index contributed by atoms with van der Waals surface area (Å²) in [6.07, 6.45) is 5.30. The number of nitrogens with zero attached hydrogens (tertiary/aromatic N) is 3. The number of fused-ring (bicyclic) bond motifs is 1. The minimum atomic E-state index is -0.743. The summed E-state index contributed by atoms with van der Waals surface area (Å²) in [5.74, 6) is 0.788. The number of aliphatic carboxylic acids is 1. The maximum Gasteiger partial charge on any atom is 0.320 e. The van der Waals surface area contributed by atoms with Gasteiger partial charge in [0.15, 0.2) is 0 Å². The van der Waals surface area contributed by atoms with Crippen molar-refractivity contribution in [1.29, 1.82) is 0 Å². The highest BCUT2D eigenvalue weighted by Gasteiger charge is 2.45. The minimum Gasteiger partial charge on any atom is -0.480 e. The van der Waals surface area contributed by atoms with E-state index in [2.05, 4.69) is 15.0 Å². The molecule has 25 heavy (non-hydrogen) atoms. The normalized spacial score (nSPS) is 26.5. The first-order valence-electron chi connectivity index (χ1n) is 9.00. The van der Waals surface area contributed by atoms with Crippen molar-refractivity contribution in [3.8, 4) is 11.4 Å². The van der Waals surface area contributed by atoms with Crippen LogP contribution in [0.1, 0.15) is 43.6 Å². The summed E-state index contributed by atoms with van der Waals surface area (Å²) in [5, 5.41) is 13.7. The Morgan fingerprint density at radius 3 is 2.80 bits per heavy atom. The molecule has 2 aliphatic rings. The lowest BCUT2D eigenvalue weighted by Gasteiger charge is -2.31. The number of aryl methyl sites for hydroxylation is 1. The van der Waals surface area contributed by atoms with Crippen molar-refractivity contribution in [2.45, 2.75) is 57.7 Å². The molecule has 1 saturated carbocycles. The Balaban J connectivity index is 1.54. The van der Waals surface area contributed by atoms with Gasteiger partial charge in [0.2, 0.25) is 11.7 Å². The maximum absolute atomic E-state index is 11.7. The van der Waals surface area contributed by atoms with E-state index < -0.39 is 12.0 Å². The number of carboxylic acids is 1. The van der Waals surface area contributed by atoms with Crippen LogP contribution >= 0.6 is 0 Å². The van der Waals surface area contributed by atoms with Crippen LogP contribution in [0.25, 0.3) is 11.4 Å². The van der Waals surface area contributed by atoms with Crippen molar-refractivity contribution in [2.24, 2.45) is 5.92 Å². The standard InChI is InChI=1S/C19H23N3O3/c1-12-6-8-13(9-7-12)18-20-17(25-21-18)11-22-15-5-3-2-4-14(15)10-16(22)19(23)24/h6-9,14-16H,2-5,10-11H2,1H3,(H,23,24). The van der Waals surface area contributed by atoms with Crippen LogP contribution in [-0.4, -0.2) is 38.2 Å². The summed E-state index contributed by atoms with van der Waals surface area (Å²) in [6.45, 7) is 2.45. The molecular formula is C19H23N3O3. The van der Waals surface area contributed by atoms with Crippen molar-refractivity contribution in [3.63, 3.8) is 0 Å². The molecule has 2 fully saturated rings. The van der Waals surface area contributed by atoms with Crippen LogP contribution in [0, 0.1) is 12.8 Å². The molecule has 1 aromatic carbocycles. The lowest BCUT2D eigenvalue weighted by molar-refractivity contribution is -0.143. The minimum absolute atomic E-state index is 0.324. The highest BCUT2D eigenvalue weighted by Crippen LogP contribution is 2.40. The van der Waals surface area contributed by atoms with Crippen LogP contribution in [0.5, 0.6) is 0 Å². The number of benzene rings is 1. The third kappa shape index (κ3) is 3.18. The molecule has 0 amide bonds. The Morgan fingerprint density at radius 1 is 1.28 bits per heavy atom. The van der Waals surface area contributed by atoms with Gasteiger partial charge in [0.05, 0.1) is 6.54 Å². The van der Waals surface area contributed by atoms with Crippen molar-refractivity contribution in [2.75, 3.05) is 0 Å². The van der Waals surface area contributed by atoms with E-state index in [1.807, 2.05) is 31.2 Å². The van der Waals surface area contributed by atoms with Gasteiger partial charge >= 0.3 is 5.97 Å². The van der Waals surface area contributed by atoms with Crippen LogP contribution in [0.2, 0.25) is 0 Å². The van der Waals surface area contributed by atoms with Crippen molar-refractivity contribution in [3.05, 3.63) is 35.7 Å². The van der Waals surface area contributed by atoms with Gasteiger partial charge < -0.3 is 9.63 Å². The van der Waals surface area contributed by atoms with Crippen LogP contribution in [0.3, 0.4) is 0 Å². The van der Waals surface area contributed by atoms with Gasteiger partial charge in [0.25, 0.3) is 0 Å². The van der Waals surface area contributed by atoms with Crippen LogP contribution in [0.15, 0.2) is 28.8 Å². The number of likely N-dealkylation sites (tertiary alicyclic amines) is 1. The molecule has 1 aromatic heterocycles. The van der Waals surface area contributed by atoms with E-state index >= 15 is 0 Å². The van der Waals surface area contributed by atoms with Crippen molar-refractivity contribution in [1.82, 2.24) is 15.0 Å². The number of hydrogen-bond acceptors (Lipinski definition) is 5. The number of aromatic nitrogens is 2. The predicted molar refractivity (Wildman–Crippen MR) is 91.8 cm³/mol. The Hall–Kier alpha value is -2.21. The summed E-state index contributed by atoms with van der Waals surface area (Å²) in [6, 6.07) is 7.85. The molecule has 132 valence electrons. The fraction of sp³-hybridized carbons (Fsp3) is 0.526. The molecule has 0 spiro atoms. The molecule has 0 bridgehead atoms. The van der Waals surface area contributed by atoms with E-state index in [1.54, 1.807) is 0 Å². The first kappa shape index (κ1) is 16.3. The van der Waals surface area contributed by atoms with Crippen LogP contribution in [0.4, 0.5) is 0 Å². The predicted octanol–water partition coefficient (Wildman–Crippen LogP) is 3.26. The lowest BCUT2D eigenvalue weighted by atomic mass is 9.85. The van der Waals surface area contributed by atoms with Crippen molar-refractivity contribution >= 4 is 5.97 Å². The third-order valence-corrected chi connectivity index (χ3v) is 5.60. The van der Waals surface area contributed by atoms with Gasteiger partial charge in [0, 0.05) is 11.6 Å². The SMILES string of the molecule is Cc1ccc(-c2noc(CN3C(C(=O)O)CC4CCCCC43)n2)cc1. The van der Waals surface area contributed by atoms with E-state index in [-0.39, 0.29) is 0 Å². The summed E-state index contributed by atoms with van der Waals surface area (Å²) >= 11 is 0. The zero-order valence-electron chi connectivity index (χ0n) is 14.4. The zero-order valence-corrected chi connectivity index (χ0v) is 14.4. The molecular weight excluding hydrogens is 318 g/mol. The summed E-state index contributed by atoms with van der Waals surface area (Å²) < 4.78 is 5.42. The summed E-state index contributed by atoms with van der Waals surface area (Å²) in [5.41, 5.74) is 2.09. The molecule has 2 heterocycles. The Kier molecular flexibility index (Phi) is 4.29. The highest BCUT2D eigenvalue weighted by atomic mass is 16.5. The fourth-order valence-corrected chi connectivity index (χ4v) is 4.32. The molecule has 1 aliphatic heterocycles. The Labute approximate surface area is 146 Å². The average molecular weight is 341 g/mol. The molecule has 4 rings (SSSR count). The maximum atomic E-state index is 11.7. The quantitative estimate of drug-likeness (QED) is 0.919. The second-order valence-corrected chi connectivity index (χ2v) is 7.25. The van der Waals surface area contributed by atoms with Crippen LogP contribution in [-0.2, 0) is 11.3 Å². The molecule has 3 atom stereocenters. The molecule has 6 heteroatoms. The van der Waals surface area contributed by atoms with Gasteiger partial charge in [-0.25, -0.2) is 0 Å². The largest absolute Gasteiger partial charge is 0.480 e. The molecule has 1 saturated heterocycles. The fourth-order valence-electron chi connectivity index (χ4n) is 4.32. The third-order valence-electron chi connectivity index (χ3n) is 5.60. The first-order chi connectivity index (χ1) is 12.1. The first-order valence-corrected chi connectivity index (χ1v) is 9.00. The van der Waals surface area contributed by atoms with Crippen LogP contribution < -0.4 is 0 Å². The summed E-state index contributed by atoms with van der Waals surface area (Å²) in [4.78, 5) is 18.3. The molecule has 0 radical (unpaired) electrons. The highest BCUT2D eigenvalue weighted by molar-refractivity contribution is 5.74. The van der Waals surface area contributed by atoms with Gasteiger partial charge in [-0.15, -0.1) is 0 Å².